The van der Waals surface area contributed by atoms with Crippen molar-refractivity contribution in [3.8, 4) is 0 Å². The highest BCUT2D eigenvalue weighted by Crippen LogP contribution is 2.47. The van der Waals surface area contributed by atoms with E-state index in [9.17, 15) is 66.3 Å². The van der Waals surface area contributed by atoms with Crippen LogP contribution in [-0.4, -0.2) is 119 Å². The lowest BCUT2D eigenvalue weighted by molar-refractivity contribution is -0.387. The zero-order chi connectivity index (χ0) is 110. The molecule has 6 aliphatic carbocycles. The first-order valence-corrected chi connectivity index (χ1v) is 53.5. The molecule has 0 spiro atoms. The van der Waals surface area contributed by atoms with E-state index in [4.69, 9.17) is 46.5 Å². The van der Waals surface area contributed by atoms with Crippen molar-refractivity contribution in [3.05, 3.63) is 339 Å². The maximum absolute atomic E-state index is 14.0. The van der Waals surface area contributed by atoms with Crippen LogP contribution >= 0.6 is 31.9 Å². The zero-order valence-corrected chi connectivity index (χ0v) is 92.1. The quantitative estimate of drug-likeness (QED) is 0.00532. The third-order valence-electron chi connectivity index (χ3n) is 27.9. The molecule has 10 aromatic rings. The van der Waals surface area contributed by atoms with Crippen molar-refractivity contribution in [2.24, 2.45) is 64.5 Å². The van der Waals surface area contributed by atoms with E-state index in [1.54, 1.807) is 64.1 Å². The molecule has 8 aromatic carbocycles. The molecule has 7 aliphatic rings. The number of hydrogen-bond acceptors (Lipinski definition) is 20. The lowest BCUT2D eigenvalue weighted by atomic mass is 9.70. The number of aromatic nitrogens is 2. The van der Waals surface area contributed by atoms with E-state index in [0.717, 1.165) is 164 Å². The van der Waals surface area contributed by atoms with Crippen LogP contribution in [0.25, 0.3) is 33.0 Å². The van der Waals surface area contributed by atoms with E-state index in [2.05, 4.69) is 118 Å². The van der Waals surface area contributed by atoms with Crippen LogP contribution in [0.5, 0.6) is 0 Å². The lowest BCUT2D eigenvalue weighted by Crippen LogP contribution is -2.41. The summed E-state index contributed by atoms with van der Waals surface area (Å²) in [5, 5.41) is 34.6. The Labute approximate surface area is 897 Å². The minimum Gasteiger partial charge on any atom is -0.400 e. The van der Waals surface area contributed by atoms with E-state index < -0.39 is 49.3 Å². The average Bonchev–Trinajstić information content (AvgIpc) is 1.57. The smallest absolute Gasteiger partial charge is 0.400 e. The number of pyridine rings is 2. The molecule has 32 heteroatoms. The molecular weight excluding hydrogens is 2050 g/mol. The Balaban J connectivity index is 0.000000208. The Morgan fingerprint density at radius 3 is 1.43 bits per heavy atom. The number of nitrogen functional groups attached to an aromatic ring is 1. The number of carbonyl (C=O) groups is 2. The minimum absolute atomic E-state index is 0.00993. The molecule has 14 atom stereocenters. The molecule has 2 aromatic heterocycles. The van der Waals surface area contributed by atoms with Crippen molar-refractivity contribution in [1.29, 1.82) is 0 Å². The van der Waals surface area contributed by atoms with Crippen LogP contribution in [0.1, 0.15) is 248 Å². The van der Waals surface area contributed by atoms with Crippen molar-refractivity contribution in [2.45, 2.75) is 252 Å². The summed E-state index contributed by atoms with van der Waals surface area (Å²) in [5.74, 6) is 2.61. The molecule has 1 saturated heterocycles. The summed E-state index contributed by atoms with van der Waals surface area (Å²) in [6.45, 7) is 29.5. The second kappa shape index (κ2) is 62.3. The number of aryl methyl sites for hydroxylation is 1. The number of anilines is 1. The van der Waals surface area contributed by atoms with Crippen LogP contribution in [0, 0.1) is 113 Å². The fraction of sp³-hybridized carbons (Fsp3) is 0.458. The number of nitro groups is 3. The number of ether oxygens (including phenoxy) is 4. The van der Waals surface area contributed by atoms with Crippen molar-refractivity contribution >= 4 is 106 Å². The zero-order valence-electron chi connectivity index (χ0n) is 88.9. The SMILES string of the molecule is C=CC(OC)OCC.CC1CC(=O)C=C(B2OC(C)(C)C(C)(C)O2)C1.CC1CC(=O)C=C(c2ccc(F)c([N+](=O)[O-])c2)C1.CC1CC(N)CC(c2ccc(F)c(N)c2)C1.CC1CC(c2ccc(F)c([N+](=O)[O-])c2)=CC(CCc2ccccc2)C1.COCCBr.COCCC[C@@H]1C[C@H](C)C[C@H](c2ccc(F)c3ncccc23)C1.C[C@H]1C[C@@H](N)C[C@@H](c2ccc(F)c3ncccc23)C1.NCc1ccccc1.O=[N+]([O-])c1cc(Br)ccc1F. The molecule has 8 unspecified atom stereocenters. The van der Waals surface area contributed by atoms with Gasteiger partial charge in [0.15, 0.2) is 17.9 Å². The Morgan fingerprint density at radius 1 is 0.513 bits per heavy atom. The molecule has 3 saturated carbocycles. The second-order valence-electron chi connectivity index (χ2n) is 41.2. The third-order valence-corrected chi connectivity index (χ3v) is 28.8. The molecule has 0 radical (unpaired) electrons. The molecule has 0 bridgehead atoms. The maximum Gasteiger partial charge on any atom is 0.490 e. The highest BCUT2D eigenvalue weighted by Gasteiger charge is 2.53. The Hall–Kier alpha value is -10.9. The predicted molar refractivity (Wildman–Crippen MR) is 595 cm³/mol. The maximum atomic E-state index is 14.0. The van der Waals surface area contributed by atoms with E-state index >= 15 is 0 Å². The normalized spacial score (nSPS) is 22.0. The number of rotatable bonds is 23. The number of nitro benzene ring substituents is 3. The number of nitrogens with two attached hydrogens (primary N) is 4. The number of alkyl halides is 1. The van der Waals surface area contributed by atoms with E-state index in [-0.39, 0.29) is 77.3 Å². The number of carbonyl (C=O) groups excluding carboxylic acids is 2. The molecule has 1 aliphatic heterocycles. The summed E-state index contributed by atoms with van der Waals surface area (Å²) in [6, 6.07) is 52.3. The monoisotopic (exact) mass is 2200 g/mol. The summed E-state index contributed by atoms with van der Waals surface area (Å²) in [7, 11) is 4.68. The number of methoxy groups -OCH3 is 3. The number of allylic oxidation sites excluding steroid dienone is 6. The van der Waals surface area contributed by atoms with Gasteiger partial charge in [0, 0.05) is 117 Å². The topological polar surface area (TPSA) is 349 Å². The summed E-state index contributed by atoms with van der Waals surface area (Å²) in [4.78, 5) is 61.0. The van der Waals surface area contributed by atoms with Gasteiger partial charge in [-0.2, -0.15) is 13.2 Å². The Bertz CT molecular complexity index is 6080. The molecule has 150 heavy (non-hydrogen) atoms. The molecule has 810 valence electrons. The molecule has 23 nitrogen and oxygen atoms in total. The largest absolute Gasteiger partial charge is 0.490 e. The van der Waals surface area contributed by atoms with Gasteiger partial charge in [0.05, 0.1) is 38.3 Å². The van der Waals surface area contributed by atoms with Gasteiger partial charge in [-0.05, 0) is 343 Å². The van der Waals surface area contributed by atoms with Crippen LogP contribution in [0.2, 0.25) is 0 Å². The molecular formula is C118H150BBr2F6N9O14. The van der Waals surface area contributed by atoms with Gasteiger partial charge >= 0.3 is 24.2 Å². The molecule has 3 heterocycles. The highest BCUT2D eigenvalue weighted by atomic mass is 79.9. The first kappa shape index (κ1) is 124. The number of fused-ring (bicyclic) bond motifs is 2. The summed E-state index contributed by atoms with van der Waals surface area (Å²) < 4.78 is 112. The molecule has 4 fully saturated rings. The van der Waals surface area contributed by atoms with Gasteiger partial charge in [-0.3, -0.25) is 49.9 Å². The fourth-order valence-electron chi connectivity index (χ4n) is 20.3. The number of halogens is 8. The first-order chi connectivity index (χ1) is 71.4. The van der Waals surface area contributed by atoms with Crippen molar-refractivity contribution in [2.75, 3.05) is 52.2 Å². The number of ketones is 2. The van der Waals surface area contributed by atoms with Crippen LogP contribution in [-0.2, 0) is 50.8 Å². The van der Waals surface area contributed by atoms with Gasteiger partial charge in [-0.15, -0.1) is 0 Å². The van der Waals surface area contributed by atoms with Crippen LogP contribution < -0.4 is 22.9 Å². The van der Waals surface area contributed by atoms with E-state index in [1.807, 2.05) is 120 Å². The van der Waals surface area contributed by atoms with Gasteiger partial charge < -0.3 is 51.2 Å². The van der Waals surface area contributed by atoms with Crippen molar-refractivity contribution in [1.82, 2.24) is 9.97 Å². The minimum atomic E-state index is -0.862. The van der Waals surface area contributed by atoms with Crippen molar-refractivity contribution in [3.63, 3.8) is 0 Å². The van der Waals surface area contributed by atoms with Crippen LogP contribution in [0.3, 0.4) is 0 Å². The third kappa shape index (κ3) is 39.7. The van der Waals surface area contributed by atoms with E-state index in [0.29, 0.717) is 101 Å². The van der Waals surface area contributed by atoms with Crippen LogP contribution in [0.4, 0.5) is 49.1 Å². The average molecular weight is 2200 g/mol. The summed E-state index contributed by atoms with van der Waals surface area (Å²) in [5.41, 5.74) is 32.4. The van der Waals surface area contributed by atoms with Gasteiger partial charge in [0.1, 0.15) is 28.5 Å². The fourth-order valence-corrected chi connectivity index (χ4v) is 20.9. The van der Waals surface area contributed by atoms with Gasteiger partial charge in [-0.25, -0.2) is 13.2 Å². The lowest BCUT2D eigenvalue weighted by Gasteiger charge is -2.34. The van der Waals surface area contributed by atoms with Gasteiger partial charge in [0.2, 0.25) is 17.5 Å². The Morgan fingerprint density at radius 2 is 0.980 bits per heavy atom. The highest BCUT2D eigenvalue weighted by molar-refractivity contribution is 9.10. The molecule has 17 rings (SSSR count). The predicted octanol–water partition coefficient (Wildman–Crippen LogP) is 28.9. The Kier molecular flexibility index (Phi) is 51.7. The number of hydrogen-bond donors (Lipinski definition) is 4. The number of benzene rings is 8. The summed E-state index contributed by atoms with van der Waals surface area (Å²) in [6.07, 6.45) is 29.4. The number of nitrogens with zero attached hydrogens (tertiary/aromatic N) is 5. The second-order valence-corrected chi connectivity index (χ2v) is 42.9. The standard InChI is InChI=1S/C21H22FNO2.C20H26FNO.C16H19FN2.C13H21BO3.C13H19FN2.C13H12FNO3.C7H9N.C6H3BrFNO2.C6H12O2.C3H7BrO/c1-15-11-17(8-7-16-5-3-2-4-6-16)13-19(12-15)18-9-10-20(22)21(14-18)23(24)25;1-14-11-15(5-4-10-23-2)13-16(12-14)17-7-8-19(21)20-18(17)6-3-9-22-20;1-10-7-11(9-12(18)8-10)13-4-5-15(17)16-14(13)3-2-6-19-16;1-9-6-10(8-11(15)7-9)14-16-12(2,3)13(4,5)17-14;1-8-4-10(6-11(15)5-8)9-2-3-12(14)13(16)7-9;1-8-4-10(6-11(16)5-8)9-2-3-12(14)13(7-9)15(17)18;8-6-7-4-2-1-3-5-7;7-4-1-2-5(8)6(3-4)9(10)11;1-4-6(7-3)8-5-2;1-5-3-2-4/h2-6,9-10,13-15,17H,7-8,11-12H2,1H3;3,6-9,14-16H,4-5,10-13H2,1-2H3;2-6,10-12H,7-9,18H2,1H3;8-9H,6-7H2,1-5H3;2-3,7-8,10-11H,4-6,15-16H2,1H3;2-3,6-8H,4-5H2,1H3;1-5H,6,8H2;1-3H;4,6H,1,5H2,2-3H3;2-3H2,1H3/t;14-,15+,16-;10-,11+,12-;;;;;;;/m.01......./s1. The first-order valence-electron chi connectivity index (χ1n) is 51.6. The molecule has 8 N–H and O–H groups in total. The van der Waals surface area contributed by atoms with Crippen LogP contribution in [0.15, 0.2) is 235 Å². The van der Waals surface area contributed by atoms with Gasteiger partial charge in [0.25, 0.3) is 0 Å². The van der Waals surface area contributed by atoms with Gasteiger partial charge in [-0.1, -0.05) is 189 Å². The summed E-state index contributed by atoms with van der Waals surface area (Å²) >= 11 is 6.18. The van der Waals surface area contributed by atoms with Crippen molar-refractivity contribution < 1.29 is 79.0 Å². The molecule has 0 amide bonds. The van der Waals surface area contributed by atoms with E-state index in [1.165, 1.54) is 96.5 Å².